The number of anilines is 1. The van der Waals surface area contributed by atoms with Gasteiger partial charge >= 0.3 is 0 Å². The molecule has 6 nitrogen and oxygen atoms in total. The molecule has 1 aliphatic carbocycles. The Labute approximate surface area is 173 Å². The van der Waals surface area contributed by atoms with Crippen molar-refractivity contribution in [2.24, 2.45) is 0 Å². The molecule has 158 valence electrons. The van der Waals surface area contributed by atoms with Gasteiger partial charge in [0.2, 0.25) is 11.8 Å². The zero-order valence-electron chi connectivity index (χ0n) is 17.7. The highest BCUT2D eigenvalue weighted by molar-refractivity contribution is 6.01. The third kappa shape index (κ3) is 4.62. The van der Waals surface area contributed by atoms with E-state index in [1.807, 2.05) is 19.1 Å². The van der Waals surface area contributed by atoms with Gasteiger partial charge in [0.25, 0.3) is 5.91 Å². The van der Waals surface area contributed by atoms with E-state index < -0.39 is 5.54 Å². The van der Waals surface area contributed by atoms with Crippen LogP contribution in [-0.2, 0) is 16.0 Å². The number of hydrogen-bond donors (Lipinski definition) is 2. The highest BCUT2D eigenvalue weighted by Gasteiger charge is 2.41. The molecule has 0 spiro atoms. The summed E-state index contributed by atoms with van der Waals surface area (Å²) in [5, 5.41) is 6.10. The first kappa shape index (κ1) is 21.3. The zero-order chi connectivity index (χ0) is 20.9. The Hall–Kier alpha value is -2.37. The van der Waals surface area contributed by atoms with Crippen LogP contribution >= 0.6 is 0 Å². The number of rotatable bonds is 7. The molecule has 1 fully saturated rings. The van der Waals surface area contributed by atoms with Gasteiger partial charge in [-0.3, -0.25) is 14.4 Å². The van der Waals surface area contributed by atoms with Crippen LogP contribution in [0.4, 0.5) is 5.69 Å². The first-order valence-corrected chi connectivity index (χ1v) is 11.0. The van der Waals surface area contributed by atoms with E-state index in [1.165, 1.54) is 0 Å². The van der Waals surface area contributed by atoms with Crippen LogP contribution in [0.2, 0.25) is 0 Å². The van der Waals surface area contributed by atoms with Crippen LogP contribution in [0, 0.1) is 0 Å². The molecule has 1 aliphatic heterocycles. The van der Waals surface area contributed by atoms with Gasteiger partial charge in [0.15, 0.2) is 0 Å². The SMILES string of the molecule is CCCCNC(=O)C1(NC(=O)c2ccc3c(c2)CCN3C(=O)CC)CCCCC1. The minimum absolute atomic E-state index is 0.0557. The highest BCUT2D eigenvalue weighted by atomic mass is 16.2. The van der Waals surface area contributed by atoms with E-state index in [4.69, 9.17) is 0 Å². The predicted octanol–water partition coefficient (Wildman–Crippen LogP) is 3.33. The Morgan fingerprint density at radius 2 is 1.86 bits per heavy atom. The zero-order valence-corrected chi connectivity index (χ0v) is 17.7. The maximum atomic E-state index is 13.1. The molecule has 3 amide bonds. The maximum Gasteiger partial charge on any atom is 0.252 e. The van der Waals surface area contributed by atoms with E-state index in [-0.39, 0.29) is 17.7 Å². The Bertz CT molecular complexity index is 769. The topological polar surface area (TPSA) is 78.5 Å². The Morgan fingerprint density at radius 1 is 1.10 bits per heavy atom. The summed E-state index contributed by atoms with van der Waals surface area (Å²) in [6.07, 6.45) is 7.53. The van der Waals surface area contributed by atoms with Crippen molar-refractivity contribution in [3.8, 4) is 0 Å². The molecule has 1 aromatic carbocycles. The van der Waals surface area contributed by atoms with E-state index >= 15 is 0 Å². The van der Waals surface area contributed by atoms with Crippen molar-refractivity contribution < 1.29 is 14.4 Å². The van der Waals surface area contributed by atoms with Crippen molar-refractivity contribution in [3.63, 3.8) is 0 Å². The van der Waals surface area contributed by atoms with Crippen molar-refractivity contribution in [2.75, 3.05) is 18.0 Å². The van der Waals surface area contributed by atoms with Crippen LogP contribution in [0.3, 0.4) is 0 Å². The molecule has 2 N–H and O–H groups in total. The summed E-state index contributed by atoms with van der Waals surface area (Å²) < 4.78 is 0. The molecule has 1 aromatic rings. The lowest BCUT2D eigenvalue weighted by Gasteiger charge is -2.36. The second kappa shape index (κ2) is 9.42. The Morgan fingerprint density at radius 3 is 2.55 bits per heavy atom. The summed E-state index contributed by atoms with van der Waals surface area (Å²) in [6.45, 7) is 5.26. The molecular weight excluding hydrogens is 366 g/mol. The molecule has 0 radical (unpaired) electrons. The summed E-state index contributed by atoms with van der Waals surface area (Å²) in [4.78, 5) is 39.9. The second-order valence-electron chi connectivity index (χ2n) is 8.20. The summed E-state index contributed by atoms with van der Waals surface area (Å²) >= 11 is 0. The Balaban J connectivity index is 1.75. The molecule has 2 aliphatic rings. The summed E-state index contributed by atoms with van der Waals surface area (Å²) in [5.41, 5.74) is 1.66. The second-order valence-corrected chi connectivity index (χ2v) is 8.20. The van der Waals surface area contributed by atoms with Crippen molar-refractivity contribution in [2.45, 2.75) is 77.2 Å². The summed E-state index contributed by atoms with van der Waals surface area (Å²) in [5.74, 6) is -0.161. The number of nitrogens with zero attached hydrogens (tertiary/aromatic N) is 1. The smallest absolute Gasteiger partial charge is 0.252 e. The molecule has 0 aromatic heterocycles. The number of hydrogen-bond acceptors (Lipinski definition) is 3. The number of amides is 3. The van der Waals surface area contributed by atoms with Crippen molar-refractivity contribution in [1.82, 2.24) is 10.6 Å². The van der Waals surface area contributed by atoms with E-state index in [0.717, 1.165) is 49.8 Å². The van der Waals surface area contributed by atoms with Gasteiger partial charge in [-0.2, -0.15) is 0 Å². The van der Waals surface area contributed by atoms with E-state index in [2.05, 4.69) is 17.6 Å². The predicted molar refractivity (Wildman–Crippen MR) is 114 cm³/mol. The number of unbranched alkanes of at least 4 members (excludes halogenated alkanes) is 1. The standard InChI is InChI=1S/C23H33N3O3/c1-3-5-14-24-22(29)23(12-7-6-8-13-23)25-21(28)18-9-10-19-17(16-18)11-15-26(19)20(27)4-2/h9-10,16H,3-8,11-15H2,1-2H3,(H,24,29)(H,25,28). The van der Waals surface area contributed by atoms with E-state index in [0.29, 0.717) is 37.9 Å². The van der Waals surface area contributed by atoms with Crippen molar-refractivity contribution >= 4 is 23.4 Å². The molecule has 1 saturated carbocycles. The van der Waals surface area contributed by atoms with E-state index in [9.17, 15) is 14.4 Å². The fraction of sp³-hybridized carbons (Fsp3) is 0.609. The van der Waals surface area contributed by atoms with Gasteiger partial charge in [-0.05, 0) is 49.4 Å². The fourth-order valence-corrected chi connectivity index (χ4v) is 4.39. The molecule has 0 unspecified atom stereocenters. The van der Waals surface area contributed by atoms with Crippen molar-refractivity contribution in [3.05, 3.63) is 29.3 Å². The molecule has 6 heteroatoms. The minimum Gasteiger partial charge on any atom is -0.354 e. The molecule has 29 heavy (non-hydrogen) atoms. The minimum atomic E-state index is -0.813. The van der Waals surface area contributed by atoms with E-state index in [1.54, 1.807) is 11.0 Å². The van der Waals surface area contributed by atoms with Gasteiger partial charge in [-0.15, -0.1) is 0 Å². The quantitative estimate of drug-likeness (QED) is 0.690. The molecule has 0 bridgehead atoms. The average molecular weight is 400 g/mol. The fourth-order valence-electron chi connectivity index (χ4n) is 4.39. The summed E-state index contributed by atoms with van der Waals surface area (Å²) in [7, 11) is 0. The lowest BCUT2D eigenvalue weighted by Crippen LogP contribution is -2.59. The Kier molecular flexibility index (Phi) is 6.93. The number of carbonyl (C=O) groups excluding carboxylic acids is 3. The third-order valence-electron chi connectivity index (χ3n) is 6.15. The van der Waals surface area contributed by atoms with Crippen LogP contribution in [-0.4, -0.2) is 36.3 Å². The number of carbonyl (C=O) groups is 3. The van der Waals surface area contributed by atoms with Crippen LogP contribution < -0.4 is 15.5 Å². The largest absolute Gasteiger partial charge is 0.354 e. The molecule has 0 saturated heterocycles. The molecule has 3 rings (SSSR count). The maximum absolute atomic E-state index is 13.1. The first-order valence-electron chi connectivity index (χ1n) is 11.0. The number of nitrogens with one attached hydrogen (secondary N) is 2. The first-order chi connectivity index (χ1) is 14.0. The highest BCUT2D eigenvalue weighted by Crippen LogP contribution is 2.31. The average Bonchev–Trinajstić information content (AvgIpc) is 3.17. The van der Waals surface area contributed by atoms with Crippen LogP contribution in [0.15, 0.2) is 18.2 Å². The van der Waals surface area contributed by atoms with Gasteiger partial charge in [0.1, 0.15) is 5.54 Å². The van der Waals surface area contributed by atoms with Crippen LogP contribution in [0.5, 0.6) is 0 Å². The van der Waals surface area contributed by atoms with Gasteiger partial charge in [-0.25, -0.2) is 0 Å². The van der Waals surface area contributed by atoms with Crippen LogP contribution in [0.1, 0.15) is 81.1 Å². The normalized spacial score (nSPS) is 17.5. The van der Waals surface area contributed by atoms with Gasteiger partial charge in [-0.1, -0.05) is 39.5 Å². The molecular formula is C23H33N3O3. The molecule has 0 atom stereocenters. The summed E-state index contributed by atoms with van der Waals surface area (Å²) in [6, 6.07) is 5.50. The monoisotopic (exact) mass is 399 g/mol. The van der Waals surface area contributed by atoms with Crippen molar-refractivity contribution in [1.29, 1.82) is 0 Å². The van der Waals surface area contributed by atoms with Gasteiger partial charge in [0.05, 0.1) is 0 Å². The lowest BCUT2D eigenvalue weighted by molar-refractivity contribution is -0.128. The van der Waals surface area contributed by atoms with Crippen LogP contribution in [0.25, 0.3) is 0 Å². The van der Waals surface area contributed by atoms with Gasteiger partial charge in [0, 0.05) is 30.8 Å². The number of benzene rings is 1. The lowest BCUT2D eigenvalue weighted by atomic mass is 9.80. The number of fused-ring (bicyclic) bond motifs is 1. The third-order valence-corrected chi connectivity index (χ3v) is 6.15. The van der Waals surface area contributed by atoms with Gasteiger partial charge < -0.3 is 15.5 Å². The molecule has 1 heterocycles.